The van der Waals surface area contributed by atoms with Crippen molar-refractivity contribution in [3.63, 3.8) is 0 Å². The van der Waals surface area contributed by atoms with Gasteiger partial charge in [0.15, 0.2) is 0 Å². The Morgan fingerprint density at radius 1 is 1.13 bits per heavy atom. The van der Waals surface area contributed by atoms with E-state index in [4.69, 9.17) is 5.73 Å². The van der Waals surface area contributed by atoms with Crippen LogP contribution in [-0.2, 0) is 6.54 Å². The fourth-order valence-electron chi connectivity index (χ4n) is 1.26. The maximum absolute atomic E-state index is 5.47. The molecule has 1 aromatic carbocycles. The molecule has 4 heteroatoms. The van der Waals surface area contributed by atoms with Crippen LogP contribution in [0, 0.1) is 0 Å². The first-order valence-electron chi connectivity index (χ1n) is 4.71. The number of rotatable bonds is 3. The average Bonchev–Trinajstić information content (AvgIpc) is 2.28. The van der Waals surface area contributed by atoms with Crippen LogP contribution in [0.2, 0.25) is 0 Å². The summed E-state index contributed by atoms with van der Waals surface area (Å²) in [6.45, 7) is 0.733. The van der Waals surface area contributed by atoms with Crippen LogP contribution in [0.25, 0.3) is 0 Å². The molecule has 2 rings (SSSR count). The molecule has 0 aliphatic carbocycles. The number of hydrogen-bond donors (Lipinski definition) is 2. The van der Waals surface area contributed by atoms with Crippen LogP contribution in [0.15, 0.2) is 42.6 Å². The maximum Gasteiger partial charge on any atom is 0.221 e. The maximum atomic E-state index is 5.47. The van der Waals surface area contributed by atoms with Gasteiger partial charge in [0, 0.05) is 12.7 Å². The SMILES string of the molecule is Nc1nccc(NCc2ccccc2)n1. The van der Waals surface area contributed by atoms with Crippen LogP contribution in [-0.4, -0.2) is 9.97 Å². The third kappa shape index (κ3) is 2.67. The Labute approximate surface area is 88.2 Å². The van der Waals surface area contributed by atoms with E-state index in [2.05, 4.69) is 27.4 Å². The second kappa shape index (κ2) is 4.41. The van der Waals surface area contributed by atoms with E-state index in [-0.39, 0.29) is 5.95 Å². The molecule has 3 N–H and O–H groups in total. The molecule has 0 spiro atoms. The van der Waals surface area contributed by atoms with E-state index in [9.17, 15) is 0 Å². The molecule has 0 bridgehead atoms. The summed E-state index contributed by atoms with van der Waals surface area (Å²) in [6, 6.07) is 11.9. The third-order valence-electron chi connectivity index (χ3n) is 1.99. The second-order valence-electron chi connectivity index (χ2n) is 3.14. The van der Waals surface area contributed by atoms with Gasteiger partial charge in [0.25, 0.3) is 0 Å². The minimum absolute atomic E-state index is 0.285. The standard InChI is InChI=1S/C11H12N4/c12-11-13-7-6-10(15-11)14-8-9-4-2-1-3-5-9/h1-7H,8H2,(H3,12,13,14,15). The molecule has 0 radical (unpaired) electrons. The first kappa shape index (κ1) is 9.45. The number of anilines is 2. The molecule has 0 fully saturated rings. The lowest BCUT2D eigenvalue weighted by molar-refractivity contribution is 1.09. The molecule has 0 saturated carbocycles. The highest BCUT2D eigenvalue weighted by Gasteiger charge is 1.95. The zero-order valence-corrected chi connectivity index (χ0v) is 8.22. The number of hydrogen-bond acceptors (Lipinski definition) is 4. The van der Waals surface area contributed by atoms with Gasteiger partial charge in [-0.05, 0) is 11.6 Å². The van der Waals surface area contributed by atoms with E-state index in [1.165, 1.54) is 5.56 Å². The molecule has 0 aliphatic rings. The monoisotopic (exact) mass is 200 g/mol. The van der Waals surface area contributed by atoms with Gasteiger partial charge in [0.1, 0.15) is 5.82 Å². The van der Waals surface area contributed by atoms with Crippen LogP contribution in [0.3, 0.4) is 0 Å². The van der Waals surface area contributed by atoms with Gasteiger partial charge in [0.2, 0.25) is 5.95 Å². The lowest BCUT2D eigenvalue weighted by Gasteiger charge is -2.05. The van der Waals surface area contributed by atoms with Crippen molar-refractivity contribution < 1.29 is 0 Å². The number of nitrogens with one attached hydrogen (secondary N) is 1. The van der Waals surface area contributed by atoms with Crippen LogP contribution in [0.5, 0.6) is 0 Å². The Morgan fingerprint density at radius 3 is 2.67 bits per heavy atom. The van der Waals surface area contributed by atoms with Crippen molar-refractivity contribution in [1.29, 1.82) is 0 Å². The molecule has 0 unspecified atom stereocenters. The summed E-state index contributed by atoms with van der Waals surface area (Å²) in [5.41, 5.74) is 6.67. The highest BCUT2D eigenvalue weighted by molar-refractivity contribution is 5.38. The van der Waals surface area contributed by atoms with Crippen LogP contribution >= 0.6 is 0 Å². The fourth-order valence-corrected chi connectivity index (χ4v) is 1.26. The van der Waals surface area contributed by atoms with E-state index < -0.39 is 0 Å². The molecule has 2 aromatic rings. The largest absolute Gasteiger partial charge is 0.368 e. The summed E-state index contributed by atoms with van der Waals surface area (Å²) in [5, 5.41) is 3.17. The van der Waals surface area contributed by atoms with Gasteiger partial charge in [-0.1, -0.05) is 30.3 Å². The number of nitrogen functional groups attached to an aromatic ring is 1. The van der Waals surface area contributed by atoms with E-state index >= 15 is 0 Å². The van der Waals surface area contributed by atoms with Crippen molar-refractivity contribution in [1.82, 2.24) is 9.97 Å². The number of nitrogens with zero attached hydrogens (tertiary/aromatic N) is 2. The molecule has 1 heterocycles. The normalized spacial score (nSPS) is 9.87. The van der Waals surface area contributed by atoms with Gasteiger partial charge >= 0.3 is 0 Å². The molecule has 4 nitrogen and oxygen atoms in total. The van der Waals surface area contributed by atoms with Crippen LogP contribution in [0.4, 0.5) is 11.8 Å². The number of aromatic nitrogens is 2. The van der Waals surface area contributed by atoms with E-state index in [0.29, 0.717) is 0 Å². The first-order valence-corrected chi connectivity index (χ1v) is 4.71. The quantitative estimate of drug-likeness (QED) is 0.791. The Kier molecular flexibility index (Phi) is 2.78. The van der Waals surface area contributed by atoms with Crippen LogP contribution < -0.4 is 11.1 Å². The summed E-state index contributed by atoms with van der Waals surface area (Å²) < 4.78 is 0. The topological polar surface area (TPSA) is 63.8 Å². The molecule has 0 atom stereocenters. The lowest BCUT2D eigenvalue weighted by atomic mass is 10.2. The molecule has 76 valence electrons. The Morgan fingerprint density at radius 2 is 1.93 bits per heavy atom. The Bertz CT molecular complexity index is 428. The zero-order chi connectivity index (χ0) is 10.5. The summed E-state index contributed by atoms with van der Waals surface area (Å²) >= 11 is 0. The minimum Gasteiger partial charge on any atom is -0.368 e. The van der Waals surface area contributed by atoms with Crippen molar-refractivity contribution in [2.75, 3.05) is 11.1 Å². The first-order chi connectivity index (χ1) is 7.34. The Balaban J connectivity index is 1.99. The minimum atomic E-state index is 0.285. The van der Waals surface area contributed by atoms with Gasteiger partial charge in [-0.2, -0.15) is 4.98 Å². The van der Waals surface area contributed by atoms with Crippen molar-refractivity contribution >= 4 is 11.8 Å². The number of nitrogens with two attached hydrogens (primary N) is 1. The summed E-state index contributed by atoms with van der Waals surface area (Å²) in [7, 11) is 0. The van der Waals surface area contributed by atoms with E-state index in [1.807, 2.05) is 18.2 Å². The van der Waals surface area contributed by atoms with Crippen molar-refractivity contribution in [3.05, 3.63) is 48.2 Å². The molecule has 15 heavy (non-hydrogen) atoms. The predicted octanol–water partition coefficient (Wildman–Crippen LogP) is 1.67. The molecule has 0 amide bonds. The summed E-state index contributed by atoms with van der Waals surface area (Å²) in [4.78, 5) is 7.87. The van der Waals surface area contributed by atoms with Gasteiger partial charge in [-0.3, -0.25) is 0 Å². The van der Waals surface area contributed by atoms with E-state index in [1.54, 1.807) is 12.3 Å². The van der Waals surface area contributed by atoms with E-state index in [0.717, 1.165) is 12.4 Å². The fraction of sp³-hybridized carbons (Fsp3) is 0.0909. The Hall–Kier alpha value is -2.10. The van der Waals surface area contributed by atoms with Crippen molar-refractivity contribution in [2.45, 2.75) is 6.54 Å². The summed E-state index contributed by atoms with van der Waals surface area (Å²) in [5.74, 6) is 1.03. The highest BCUT2D eigenvalue weighted by Crippen LogP contribution is 2.06. The van der Waals surface area contributed by atoms with Crippen LogP contribution in [0.1, 0.15) is 5.56 Å². The molecular weight excluding hydrogens is 188 g/mol. The third-order valence-corrected chi connectivity index (χ3v) is 1.99. The molecule has 1 aromatic heterocycles. The van der Waals surface area contributed by atoms with Gasteiger partial charge in [0.05, 0.1) is 0 Å². The highest BCUT2D eigenvalue weighted by atomic mass is 15.1. The molecular formula is C11H12N4. The smallest absolute Gasteiger partial charge is 0.221 e. The van der Waals surface area contributed by atoms with Crippen molar-refractivity contribution in [3.8, 4) is 0 Å². The average molecular weight is 200 g/mol. The van der Waals surface area contributed by atoms with Gasteiger partial charge in [-0.15, -0.1) is 0 Å². The molecule has 0 saturated heterocycles. The molecule has 0 aliphatic heterocycles. The second-order valence-corrected chi connectivity index (χ2v) is 3.14. The van der Waals surface area contributed by atoms with Gasteiger partial charge in [-0.25, -0.2) is 4.98 Å². The van der Waals surface area contributed by atoms with Crippen molar-refractivity contribution in [2.24, 2.45) is 0 Å². The predicted molar refractivity (Wildman–Crippen MR) is 60.2 cm³/mol. The van der Waals surface area contributed by atoms with Gasteiger partial charge < -0.3 is 11.1 Å². The zero-order valence-electron chi connectivity index (χ0n) is 8.22. The summed E-state index contributed by atoms with van der Waals surface area (Å²) in [6.07, 6.45) is 1.63. The number of benzene rings is 1. The lowest BCUT2D eigenvalue weighted by Crippen LogP contribution is -2.03.